The number of hydrogen-bond acceptors (Lipinski definition) is 2. The summed E-state index contributed by atoms with van der Waals surface area (Å²) in [5.41, 5.74) is 0. The number of amides is 1. The van der Waals surface area contributed by atoms with Gasteiger partial charge in [-0.05, 0) is 0 Å². The van der Waals surface area contributed by atoms with Gasteiger partial charge in [0.1, 0.15) is 6.09 Å². The van der Waals surface area contributed by atoms with Crippen molar-refractivity contribution in [2.24, 2.45) is 0 Å². The average molecular weight is 274 g/mol. The van der Waals surface area contributed by atoms with Crippen molar-refractivity contribution in [3.8, 4) is 0 Å². The molecule has 0 unspecified atom stereocenters. The first-order valence-electron chi connectivity index (χ1n) is 3.72. The molecule has 0 aliphatic rings. The molecule has 0 aromatic carbocycles. The average Bonchev–Trinajstić information content (AvgIpc) is 2.14. The standard InChI is InChI=1S/C6H5F8NO2/c7-2(8)5(11,12)6(13,14)4(9,10)1-15-3(16)17/h2,15H,1H2,(H,16,17)/p-1. The first-order chi connectivity index (χ1) is 7.36. The number of alkyl halides is 8. The maximum Gasteiger partial charge on any atom is 0.379 e. The van der Waals surface area contributed by atoms with Crippen molar-refractivity contribution < 1.29 is 45.0 Å². The smallest absolute Gasteiger partial charge is 0.379 e. The van der Waals surface area contributed by atoms with Gasteiger partial charge in [-0.25, -0.2) is 8.78 Å². The fourth-order valence-corrected chi connectivity index (χ4v) is 0.675. The molecule has 11 heteroatoms. The van der Waals surface area contributed by atoms with E-state index < -0.39 is 36.8 Å². The Hall–Kier alpha value is -1.29. The Morgan fingerprint density at radius 2 is 1.53 bits per heavy atom. The molecule has 17 heavy (non-hydrogen) atoms. The molecule has 0 rings (SSSR count). The molecule has 0 spiro atoms. The van der Waals surface area contributed by atoms with Gasteiger partial charge in [-0.1, -0.05) is 0 Å². The van der Waals surface area contributed by atoms with E-state index in [4.69, 9.17) is 0 Å². The molecule has 1 N–H and O–H groups in total. The molecule has 0 aliphatic heterocycles. The number of rotatable bonds is 5. The number of carbonyl (C=O) groups excluding carboxylic acids is 1. The van der Waals surface area contributed by atoms with Crippen LogP contribution in [-0.2, 0) is 0 Å². The third kappa shape index (κ3) is 2.88. The van der Waals surface area contributed by atoms with Crippen LogP contribution in [0.1, 0.15) is 0 Å². The summed E-state index contributed by atoms with van der Waals surface area (Å²) in [7, 11) is 0. The van der Waals surface area contributed by atoms with Crippen molar-refractivity contribution in [3.05, 3.63) is 0 Å². The van der Waals surface area contributed by atoms with Crippen molar-refractivity contribution in [2.45, 2.75) is 24.2 Å². The monoisotopic (exact) mass is 274 g/mol. The van der Waals surface area contributed by atoms with Crippen LogP contribution in [0.5, 0.6) is 0 Å². The predicted octanol–water partition coefficient (Wildman–Crippen LogP) is 1.09. The fourth-order valence-electron chi connectivity index (χ4n) is 0.675. The van der Waals surface area contributed by atoms with E-state index in [9.17, 15) is 45.0 Å². The number of nitrogens with one attached hydrogen (secondary N) is 1. The molecular formula is C6H4F8NO2-. The number of carboxylic acid groups (broad SMARTS) is 1. The van der Waals surface area contributed by atoms with E-state index in [-0.39, 0.29) is 0 Å². The predicted molar refractivity (Wildman–Crippen MR) is 34.2 cm³/mol. The minimum atomic E-state index is -6.42. The largest absolute Gasteiger partial charge is 0.530 e. The minimum absolute atomic E-state index is 0.600. The summed E-state index contributed by atoms with van der Waals surface area (Å²) >= 11 is 0. The van der Waals surface area contributed by atoms with Gasteiger partial charge in [-0.15, -0.1) is 0 Å². The molecule has 0 aromatic rings. The van der Waals surface area contributed by atoms with Crippen LogP contribution in [-0.4, -0.2) is 36.8 Å². The minimum Gasteiger partial charge on any atom is -0.530 e. The van der Waals surface area contributed by atoms with Crippen molar-refractivity contribution in [2.75, 3.05) is 6.54 Å². The quantitative estimate of drug-likeness (QED) is 0.763. The van der Waals surface area contributed by atoms with E-state index in [1.54, 1.807) is 0 Å². The summed E-state index contributed by atoms with van der Waals surface area (Å²) < 4.78 is 97.3. The molecular weight excluding hydrogens is 270 g/mol. The summed E-state index contributed by atoms with van der Waals surface area (Å²) in [6.45, 7) is -2.48. The van der Waals surface area contributed by atoms with E-state index in [1.165, 1.54) is 0 Å². The summed E-state index contributed by atoms with van der Waals surface area (Å²) in [4.78, 5) is 9.62. The molecule has 102 valence electrons. The third-order valence-electron chi connectivity index (χ3n) is 1.61. The molecule has 0 atom stereocenters. The molecule has 0 heterocycles. The van der Waals surface area contributed by atoms with Gasteiger partial charge in [0, 0.05) is 0 Å². The molecule has 0 fully saturated rings. The summed E-state index contributed by atoms with van der Waals surface area (Å²) in [6, 6.07) is 0. The van der Waals surface area contributed by atoms with Gasteiger partial charge in [0.2, 0.25) is 0 Å². The van der Waals surface area contributed by atoms with Crippen molar-refractivity contribution in [1.82, 2.24) is 5.32 Å². The lowest BCUT2D eigenvalue weighted by Gasteiger charge is -2.32. The van der Waals surface area contributed by atoms with E-state index in [0.29, 0.717) is 5.32 Å². The maximum absolute atomic E-state index is 12.5. The SMILES string of the molecule is O=C([O-])NCC(F)(F)C(F)(F)C(F)(F)C(F)F. The van der Waals surface area contributed by atoms with Crippen LogP contribution in [0.3, 0.4) is 0 Å². The Kier molecular flexibility index (Phi) is 4.18. The second-order valence-electron chi connectivity index (χ2n) is 2.84. The Bertz CT molecular complexity index is 292. The zero-order valence-electron chi connectivity index (χ0n) is 7.62. The highest BCUT2D eigenvalue weighted by molar-refractivity contribution is 5.61. The normalized spacial score (nSPS) is 13.9. The molecule has 0 aliphatic carbocycles. The molecule has 0 saturated heterocycles. The van der Waals surface area contributed by atoms with Gasteiger partial charge in [0.25, 0.3) is 0 Å². The molecule has 1 amide bonds. The van der Waals surface area contributed by atoms with E-state index in [0.717, 1.165) is 0 Å². The summed E-state index contributed by atoms with van der Waals surface area (Å²) in [5.74, 6) is -18.4. The highest BCUT2D eigenvalue weighted by Crippen LogP contribution is 2.48. The van der Waals surface area contributed by atoms with Gasteiger partial charge in [0.15, 0.2) is 0 Å². The second-order valence-corrected chi connectivity index (χ2v) is 2.84. The lowest BCUT2D eigenvalue weighted by atomic mass is 10.1. The van der Waals surface area contributed by atoms with Crippen LogP contribution in [0.4, 0.5) is 39.9 Å². The molecule has 0 aromatic heterocycles. The first kappa shape index (κ1) is 15.7. The summed E-state index contributed by atoms with van der Waals surface area (Å²) in [5, 5.41) is 10.2. The van der Waals surface area contributed by atoms with Crippen molar-refractivity contribution >= 4 is 6.09 Å². The van der Waals surface area contributed by atoms with E-state index in [1.807, 2.05) is 0 Å². The lowest BCUT2D eigenvalue weighted by molar-refractivity contribution is -0.337. The second kappa shape index (κ2) is 4.53. The molecule has 3 nitrogen and oxygen atoms in total. The zero-order chi connectivity index (χ0) is 14.1. The van der Waals surface area contributed by atoms with Crippen LogP contribution in [0.2, 0.25) is 0 Å². The number of carbonyl (C=O) groups is 1. The lowest BCUT2D eigenvalue weighted by Crippen LogP contribution is -2.61. The highest BCUT2D eigenvalue weighted by atomic mass is 19.4. The Labute approximate surface area is 88.4 Å². The van der Waals surface area contributed by atoms with E-state index >= 15 is 0 Å². The van der Waals surface area contributed by atoms with Crippen LogP contribution in [0.15, 0.2) is 0 Å². The van der Waals surface area contributed by atoms with Gasteiger partial charge in [-0.3, -0.25) is 0 Å². The topological polar surface area (TPSA) is 52.2 Å². The first-order valence-corrected chi connectivity index (χ1v) is 3.72. The number of hydrogen-bond donors (Lipinski definition) is 1. The number of halogens is 8. The van der Waals surface area contributed by atoms with Crippen LogP contribution < -0.4 is 10.4 Å². The van der Waals surface area contributed by atoms with Gasteiger partial charge in [-0.2, -0.15) is 26.3 Å². The zero-order valence-corrected chi connectivity index (χ0v) is 7.62. The Morgan fingerprint density at radius 3 is 1.82 bits per heavy atom. The molecule has 0 radical (unpaired) electrons. The third-order valence-corrected chi connectivity index (χ3v) is 1.61. The van der Waals surface area contributed by atoms with Gasteiger partial charge in [0.05, 0.1) is 6.54 Å². The summed E-state index contributed by atoms with van der Waals surface area (Å²) in [6.07, 6.45) is -7.48. The Morgan fingerprint density at radius 1 is 1.12 bits per heavy atom. The van der Waals surface area contributed by atoms with Gasteiger partial charge >= 0.3 is 24.2 Å². The van der Waals surface area contributed by atoms with Crippen LogP contribution in [0.25, 0.3) is 0 Å². The van der Waals surface area contributed by atoms with Crippen molar-refractivity contribution in [1.29, 1.82) is 0 Å². The molecule has 0 saturated carbocycles. The van der Waals surface area contributed by atoms with Crippen LogP contribution in [0, 0.1) is 0 Å². The Balaban J connectivity index is 5.08. The van der Waals surface area contributed by atoms with Gasteiger partial charge < -0.3 is 15.2 Å². The molecule has 0 bridgehead atoms. The van der Waals surface area contributed by atoms with E-state index in [2.05, 4.69) is 0 Å². The van der Waals surface area contributed by atoms with Crippen molar-refractivity contribution in [3.63, 3.8) is 0 Å². The fraction of sp³-hybridized carbons (Fsp3) is 0.833. The van der Waals surface area contributed by atoms with Crippen LogP contribution >= 0.6 is 0 Å². The highest BCUT2D eigenvalue weighted by Gasteiger charge is 2.75. The maximum atomic E-state index is 12.5.